The molecule has 1 saturated heterocycles. The number of halogens is 2. The Hall–Kier alpha value is -3.42. The van der Waals surface area contributed by atoms with Gasteiger partial charge in [-0.2, -0.15) is 0 Å². The van der Waals surface area contributed by atoms with Crippen LogP contribution in [-0.4, -0.2) is 48.8 Å². The molecule has 2 N–H and O–H groups in total. The monoisotopic (exact) mass is 386 g/mol. The summed E-state index contributed by atoms with van der Waals surface area (Å²) in [6.45, 7) is 1.31. The molecular formula is C20H20F2N4O2. The number of nitrogens with one attached hydrogen (secondary N) is 2. The molecule has 0 unspecified atom stereocenters. The molecule has 6 nitrogen and oxygen atoms in total. The van der Waals surface area contributed by atoms with Crippen LogP contribution in [0, 0.1) is 11.6 Å². The van der Waals surface area contributed by atoms with Crippen molar-refractivity contribution in [3.63, 3.8) is 0 Å². The number of amides is 2. The van der Waals surface area contributed by atoms with E-state index in [1.165, 1.54) is 48.5 Å². The molecule has 1 aliphatic heterocycles. The number of carbonyl (C=O) groups excluding carboxylic acids is 2. The summed E-state index contributed by atoms with van der Waals surface area (Å²) in [5, 5.41) is 5.25. The molecule has 0 aromatic heterocycles. The number of rotatable bonds is 4. The van der Waals surface area contributed by atoms with Crippen LogP contribution >= 0.6 is 0 Å². The summed E-state index contributed by atoms with van der Waals surface area (Å²) in [4.78, 5) is 29.5. The summed E-state index contributed by atoms with van der Waals surface area (Å²) >= 11 is 0. The largest absolute Gasteiger partial charge is 0.359 e. The Morgan fingerprint density at radius 2 is 1.11 bits per heavy atom. The fourth-order valence-electron chi connectivity index (χ4n) is 2.94. The molecule has 1 heterocycles. The molecule has 8 heteroatoms. The second-order valence-electron chi connectivity index (χ2n) is 6.46. The number of hydrogen-bond donors (Lipinski definition) is 2. The van der Waals surface area contributed by atoms with Crippen LogP contribution in [0.1, 0.15) is 0 Å². The fourth-order valence-corrected chi connectivity index (χ4v) is 2.94. The van der Waals surface area contributed by atoms with Crippen molar-refractivity contribution in [1.29, 1.82) is 0 Å². The zero-order valence-corrected chi connectivity index (χ0v) is 15.5. The highest BCUT2D eigenvalue weighted by Gasteiger charge is 2.31. The maximum atomic E-state index is 13.1. The smallest absolute Gasteiger partial charge is 0.264 e. The highest BCUT2D eigenvalue weighted by molar-refractivity contribution is 6.26. The summed E-state index contributed by atoms with van der Waals surface area (Å²) in [5.74, 6) is -1.63. The van der Waals surface area contributed by atoms with Crippen LogP contribution in [0.4, 0.5) is 20.2 Å². The molecule has 2 aromatic carbocycles. The first kappa shape index (κ1) is 19.3. The van der Waals surface area contributed by atoms with E-state index in [9.17, 15) is 18.4 Å². The number of carbonyl (C=O) groups is 2. The summed E-state index contributed by atoms with van der Waals surface area (Å²) in [5.41, 5.74) is 0.640. The zero-order chi connectivity index (χ0) is 20.3. The van der Waals surface area contributed by atoms with Crippen molar-refractivity contribution in [2.75, 3.05) is 37.8 Å². The quantitative estimate of drug-likeness (QED) is 0.482. The molecule has 3 rings (SSSR count). The van der Waals surface area contributed by atoms with Crippen LogP contribution < -0.4 is 10.6 Å². The van der Waals surface area contributed by atoms with Crippen LogP contribution in [0.5, 0.6) is 0 Å². The Morgan fingerprint density at radius 1 is 0.750 bits per heavy atom. The van der Waals surface area contributed by atoms with E-state index in [0.717, 1.165) is 0 Å². The number of hydrogen-bond acceptors (Lipinski definition) is 4. The van der Waals surface area contributed by atoms with E-state index >= 15 is 0 Å². The molecule has 2 aromatic rings. The first-order valence-corrected chi connectivity index (χ1v) is 8.65. The van der Waals surface area contributed by atoms with Crippen LogP contribution in [-0.2, 0) is 9.59 Å². The molecule has 0 saturated carbocycles. The van der Waals surface area contributed by atoms with Gasteiger partial charge < -0.3 is 20.4 Å². The zero-order valence-electron chi connectivity index (χ0n) is 15.5. The Morgan fingerprint density at radius 3 is 1.46 bits per heavy atom. The van der Waals surface area contributed by atoms with Gasteiger partial charge in [-0.3, -0.25) is 9.59 Å². The van der Waals surface area contributed by atoms with E-state index in [-0.39, 0.29) is 5.57 Å². The van der Waals surface area contributed by atoms with Gasteiger partial charge in [-0.25, -0.2) is 8.78 Å². The molecule has 0 aliphatic carbocycles. The topological polar surface area (TPSA) is 64.7 Å². The van der Waals surface area contributed by atoms with Crippen LogP contribution in [0.2, 0.25) is 0 Å². The Labute approximate surface area is 161 Å². The first-order chi connectivity index (χ1) is 13.3. The summed E-state index contributed by atoms with van der Waals surface area (Å²) in [7, 11) is 3.57. The lowest BCUT2D eigenvalue weighted by molar-refractivity contribution is -0.118. The van der Waals surface area contributed by atoms with Gasteiger partial charge in [0.25, 0.3) is 11.8 Å². The van der Waals surface area contributed by atoms with Crippen LogP contribution in [0.3, 0.4) is 0 Å². The van der Waals surface area contributed by atoms with Crippen molar-refractivity contribution in [2.45, 2.75) is 0 Å². The third kappa shape index (κ3) is 4.28. The van der Waals surface area contributed by atoms with E-state index in [0.29, 0.717) is 30.3 Å². The normalized spacial score (nSPS) is 13.5. The minimum atomic E-state index is -0.623. The predicted octanol–water partition coefficient (Wildman–Crippen LogP) is 2.63. The molecule has 2 amide bonds. The lowest BCUT2D eigenvalue weighted by Crippen LogP contribution is -2.32. The maximum absolute atomic E-state index is 13.1. The molecular weight excluding hydrogens is 366 g/mol. The molecule has 28 heavy (non-hydrogen) atoms. The maximum Gasteiger partial charge on any atom is 0.264 e. The molecule has 0 spiro atoms. The first-order valence-electron chi connectivity index (χ1n) is 8.65. The van der Waals surface area contributed by atoms with Crippen molar-refractivity contribution < 1.29 is 18.4 Å². The third-order valence-electron chi connectivity index (χ3n) is 4.38. The van der Waals surface area contributed by atoms with Crippen molar-refractivity contribution in [1.82, 2.24) is 9.80 Å². The Bertz CT molecular complexity index is 837. The molecule has 0 radical (unpaired) electrons. The van der Waals surface area contributed by atoms with Crippen molar-refractivity contribution in [3.8, 4) is 0 Å². The number of benzene rings is 2. The van der Waals surface area contributed by atoms with Crippen molar-refractivity contribution >= 4 is 23.2 Å². The molecule has 1 fully saturated rings. The van der Waals surface area contributed by atoms with Gasteiger partial charge in [0.1, 0.15) is 23.0 Å². The van der Waals surface area contributed by atoms with E-state index in [2.05, 4.69) is 10.6 Å². The van der Waals surface area contributed by atoms with Gasteiger partial charge in [0.2, 0.25) is 0 Å². The summed E-state index contributed by atoms with van der Waals surface area (Å²) in [6, 6.07) is 10.5. The van der Waals surface area contributed by atoms with Crippen molar-refractivity contribution in [3.05, 3.63) is 71.6 Å². The van der Waals surface area contributed by atoms with Crippen LogP contribution in [0.15, 0.2) is 59.9 Å². The van der Waals surface area contributed by atoms with Crippen molar-refractivity contribution in [2.24, 2.45) is 0 Å². The third-order valence-corrected chi connectivity index (χ3v) is 4.38. The second kappa shape index (κ2) is 8.08. The Balaban J connectivity index is 1.92. The van der Waals surface area contributed by atoms with Gasteiger partial charge in [-0.15, -0.1) is 0 Å². The average Bonchev–Trinajstić information content (AvgIpc) is 2.98. The van der Waals surface area contributed by atoms with Gasteiger partial charge in [0.15, 0.2) is 0 Å². The highest BCUT2D eigenvalue weighted by atomic mass is 19.1. The second-order valence-corrected chi connectivity index (χ2v) is 6.46. The van der Waals surface area contributed by atoms with E-state index in [1.807, 2.05) is 9.80 Å². The lowest BCUT2D eigenvalue weighted by atomic mass is 10.2. The van der Waals surface area contributed by atoms with Gasteiger partial charge in [-0.05, 0) is 48.5 Å². The number of likely N-dealkylation sites (N-methyl/N-ethyl adjacent to an activating group) is 2. The minimum Gasteiger partial charge on any atom is -0.359 e. The standard InChI is InChI=1S/C20H20F2N4O2/c1-25-11-12-26(2)20(25)17(18(27)23-15-7-3-13(21)4-8-15)19(28)24-16-9-5-14(22)6-10-16/h3-10H,11-12H2,1-2H3,(H,23,27)(H,24,28). The van der Waals surface area contributed by atoms with Gasteiger partial charge in [0, 0.05) is 38.6 Å². The minimum absolute atomic E-state index is 0.0869. The molecule has 0 bridgehead atoms. The number of nitrogens with zero attached hydrogens (tertiary/aromatic N) is 2. The lowest BCUT2D eigenvalue weighted by Gasteiger charge is -2.22. The molecule has 146 valence electrons. The predicted molar refractivity (Wildman–Crippen MR) is 102 cm³/mol. The fraction of sp³-hybridized carbons (Fsp3) is 0.200. The van der Waals surface area contributed by atoms with E-state index < -0.39 is 23.4 Å². The average molecular weight is 386 g/mol. The SMILES string of the molecule is CN1CCN(C)C1=C(C(=O)Nc1ccc(F)cc1)C(=O)Nc1ccc(F)cc1. The van der Waals surface area contributed by atoms with E-state index in [4.69, 9.17) is 0 Å². The van der Waals surface area contributed by atoms with Gasteiger partial charge in [0.05, 0.1) is 0 Å². The Kier molecular flexibility index (Phi) is 5.58. The highest BCUT2D eigenvalue weighted by Crippen LogP contribution is 2.22. The van der Waals surface area contributed by atoms with Gasteiger partial charge in [-0.1, -0.05) is 0 Å². The van der Waals surface area contributed by atoms with E-state index in [1.54, 1.807) is 14.1 Å². The molecule has 1 aliphatic rings. The van der Waals surface area contributed by atoms with Crippen LogP contribution in [0.25, 0.3) is 0 Å². The summed E-state index contributed by atoms with van der Waals surface area (Å²) in [6.07, 6.45) is 0. The summed E-state index contributed by atoms with van der Waals surface area (Å²) < 4.78 is 26.2. The number of anilines is 2. The molecule has 0 atom stereocenters. The van der Waals surface area contributed by atoms with Gasteiger partial charge >= 0.3 is 0 Å².